The molecule has 0 aliphatic carbocycles. The van der Waals surface area contributed by atoms with Crippen molar-refractivity contribution >= 4 is 5.95 Å². The monoisotopic (exact) mass is 368 g/mol. The van der Waals surface area contributed by atoms with Gasteiger partial charge in [0.15, 0.2) is 0 Å². The summed E-state index contributed by atoms with van der Waals surface area (Å²) in [6, 6.07) is 10.7. The lowest BCUT2D eigenvalue weighted by atomic mass is 9.80. The zero-order valence-corrected chi connectivity index (χ0v) is 16.9. The summed E-state index contributed by atoms with van der Waals surface area (Å²) in [7, 11) is 0. The minimum atomic E-state index is 0.0847. The number of nitrogens with one attached hydrogen (secondary N) is 2. The molecule has 1 fully saturated rings. The van der Waals surface area contributed by atoms with E-state index in [4.69, 9.17) is 10.1 Å². The first-order valence-corrected chi connectivity index (χ1v) is 9.85. The van der Waals surface area contributed by atoms with Gasteiger partial charge in [0.05, 0.1) is 5.69 Å². The van der Waals surface area contributed by atoms with Crippen LogP contribution in [0.4, 0.5) is 5.95 Å². The number of aromatic nitrogens is 2. The van der Waals surface area contributed by atoms with Crippen LogP contribution >= 0.6 is 0 Å². The van der Waals surface area contributed by atoms with Gasteiger partial charge in [-0.25, -0.2) is 9.97 Å². The van der Waals surface area contributed by atoms with Crippen LogP contribution in [0.3, 0.4) is 0 Å². The Morgan fingerprint density at radius 2 is 1.74 bits per heavy atom. The molecule has 0 atom stereocenters. The van der Waals surface area contributed by atoms with E-state index in [1.807, 2.05) is 12.3 Å². The van der Waals surface area contributed by atoms with E-state index in [0.29, 0.717) is 12.0 Å². The molecular formula is C22H32N4O. The fourth-order valence-electron chi connectivity index (χ4n) is 4.32. The lowest BCUT2D eigenvalue weighted by Gasteiger charge is -2.46. The molecule has 5 heteroatoms. The van der Waals surface area contributed by atoms with Crippen LogP contribution in [0.15, 0.2) is 36.5 Å². The standard InChI is InChI=1S/C22H32N4O/c1-21(2)14-18(15-22(3,4)26-21)24-20-23-12-11-19(25-20)17-9-7-16(8-10-17)6-5-13-27/h7-12,18,26-27H,5-6,13-15H2,1-4H3,(H,23,24,25). The molecule has 5 nitrogen and oxygen atoms in total. The average Bonchev–Trinajstić information content (AvgIpc) is 2.58. The van der Waals surface area contributed by atoms with Gasteiger partial charge < -0.3 is 15.7 Å². The zero-order chi connectivity index (χ0) is 19.5. The number of anilines is 1. The Bertz CT molecular complexity index is 739. The van der Waals surface area contributed by atoms with Crippen molar-refractivity contribution < 1.29 is 5.11 Å². The third-order valence-corrected chi connectivity index (χ3v) is 5.05. The highest BCUT2D eigenvalue weighted by molar-refractivity contribution is 5.60. The molecule has 0 saturated carbocycles. The summed E-state index contributed by atoms with van der Waals surface area (Å²) in [5.41, 5.74) is 3.41. The van der Waals surface area contributed by atoms with E-state index < -0.39 is 0 Å². The molecule has 2 aromatic rings. The van der Waals surface area contributed by atoms with Gasteiger partial charge in [-0.15, -0.1) is 0 Å². The molecule has 3 rings (SSSR count). The molecule has 1 aliphatic rings. The number of hydrogen-bond acceptors (Lipinski definition) is 5. The van der Waals surface area contributed by atoms with Crippen molar-refractivity contribution in [3.05, 3.63) is 42.1 Å². The lowest BCUT2D eigenvalue weighted by molar-refractivity contribution is 0.170. The summed E-state index contributed by atoms with van der Waals surface area (Å²) in [5, 5.41) is 16.2. The number of nitrogens with zero attached hydrogens (tertiary/aromatic N) is 2. The van der Waals surface area contributed by atoms with Crippen LogP contribution in [0.1, 0.15) is 52.5 Å². The Morgan fingerprint density at radius 3 is 2.37 bits per heavy atom. The number of piperidine rings is 1. The van der Waals surface area contributed by atoms with Crippen LogP contribution in [0.25, 0.3) is 11.3 Å². The molecule has 2 heterocycles. The minimum Gasteiger partial charge on any atom is -0.396 e. The van der Waals surface area contributed by atoms with Crippen molar-refractivity contribution in [3.8, 4) is 11.3 Å². The SMILES string of the molecule is CC1(C)CC(Nc2nccc(-c3ccc(CCCO)cc3)n2)CC(C)(C)N1. The van der Waals surface area contributed by atoms with Crippen LogP contribution in [0.2, 0.25) is 0 Å². The number of hydrogen-bond donors (Lipinski definition) is 3. The van der Waals surface area contributed by atoms with Crippen LogP contribution in [0.5, 0.6) is 0 Å². The molecule has 27 heavy (non-hydrogen) atoms. The quantitative estimate of drug-likeness (QED) is 0.724. The predicted molar refractivity (Wildman–Crippen MR) is 111 cm³/mol. The average molecular weight is 369 g/mol. The van der Waals surface area contributed by atoms with Crippen LogP contribution < -0.4 is 10.6 Å². The van der Waals surface area contributed by atoms with E-state index in [9.17, 15) is 0 Å². The molecule has 0 spiro atoms. The maximum atomic E-state index is 8.96. The van der Waals surface area contributed by atoms with Gasteiger partial charge in [0.25, 0.3) is 0 Å². The third-order valence-electron chi connectivity index (χ3n) is 5.05. The van der Waals surface area contributed by atoms with E-state index in [1.165, 1.54) is 5.56 Å². The largest absolute Gasteiger partial charge is 0.396 e. The third kappa shape index (κ3) is 5.50. The minimum absolute atomic E-state index is 0.0847. The number of aliphatic hydroxyl groups is 1. The Morgan fingerprint density at radius 1 is 1.07 bits per heavy atom. The maximum absolute atomic E-state index is 8.96. The second-order valence-corrected chi connectivity index (χ2v) is 8.93. The Kier molecular flexibility index (Phi) is 5.82. The first kappa shape index (κ1) is 19.8. The lowest BCUT2D eigenvalue weighted by Crippen LogP contribution is -2.60. The van der Waals surface area contributed by atoms with Crippen LogP contribution in [-0.4, -0.2) is 38.8 Å². The molecule has 146 valence electrons. The van der Waals surface area contributed by atoms with Crippen LogP contribution in [0, 0.1) is 0 Å². The fraction of sp³-hybridized carbons (Fsp3) is 0.545. The van der Waals surface area contributed by atoms with Crippen molar-refractivity contribution in [1.82, 2.24) is 15.3 Å². The highest BCUT2D eigenvalue weighted by Gasteiger charge is 2.37. The molecule has 1 aliphatic heterocycles. The maximum Gasteiger partial charge on any atom is 0.223 e. The van der Waals surface area contributed by atoms with Gasteiger partial charge in [0, 0.05) is 35.5 Å². The first-order valence-electron chi connectivity index (χ1n) is 9.85. The van der Waals surface area contributed by atoms with Gasteiger partial charge in [0.1, 0.15) is 0 Å². The molecular weight excluding hydrogens is 336 g/mol. The second kappa shape index (κ2) is 7.95. The summed E-state index contributed by atoms with van der Waals surface area (Å²) in [4.78, 5) is 9.18. The normalized spacial score (nSPS) is 19.0. The second-order valence-electron chi connectivity index (χ2n) is 8.93. The van der Waals surface area contributed by atoms with E-state index >= 15 is 0 Å². The van der Waals surface area contributed by atoms with Gasteiger partial charge in [-0.3, -0.25) is 0 Å². The number of aliphatic hydroxyl groups excluding tert-OH is 1. The number of rotatable bonds is 6. The van der Waals surface area contributed by atoms with Gasteiger partial charge in [-0.05, 0) is 65.0 Å². The summed E-state index contributed by atoms with van der Waals surface area (Å²) in [6.45, 7) is 9.22. The van der Waals surface area contributed by atoms with E-state index in [1.54, 1.807) is 0 Å². The first-order chi connectivity index (χ1) is 12.8. The van der Waals surface area contributed by atoms with Gasteiger partial charge in [-0.1, -0.05) is 24.3 Å². The van der Waals surface area contributed by atoms with E-state index in [0.717, 1.165) is 36.9 Å². The van der Waals surface area contributed by atoms with Gasteiger partial charge in [-0.2, -0.15) is 0 Å². The summed E-state index contributed by atoms with van der Waals surface area (Å²) < 4.78 is 0. The molecule has 1 aromatic carbocycles. The summed E-state index contributed by atoms with van der Waals surface area (Å²) in [6.07, 6.45) is 5.58. The molecule has 0 radical (unpaired) electrons. The van der Waals surface area contributed by atoms with Crippen LogP contribution in [-0.2, 0) is 6.42 Å². The van der Waals surface area contributed by atoms with E-state index in [2.05, 4.69) is 67.6 Å². The molecule has 0 amide bonds. The Balaban J connectivity index is 1.72. The Labute approximate surface area is 162 Å². The van der Waals surface area contributed by atoms with Crippen molar-refractivity contribution in [1.29, 1.82) is 0 Å². The zero-order valence-electron chi connectivity index (χ0n) is 16.9. The van der Waals surface area contributed by atoms with E-state index in [-0.39, 0.29) is 17.7 Å². The van der Waals surface area contributed by atoms with Crippen molar-refractivity contribution in [2.75, 3.05) is 11.9 Å². The molecule has 1 aromatic heterocycles. The van der Waals surface area contributed by atoms with Gasteiger partial charge >= 0.3 is 0 Å². The summed E-state index contributed by atoms with van der Waals surface area (Å²) >= 11 is 0. The van der Waals surface area contributed by atoms with Crippen molar-refractivity contribution in [3.63, 3.8) is 0 Å². The van der Waals surface area contributed by atoms with Crippen molar-refractivity contribution in [2.45, 2.75) is 70.5 Å². The highest BCUT2D eigenvalue weighted by atomic mass is 16.2. The molecule has 1 saturated heterocycles. The number of benzene rings is 1. The van der Waals surface area contributed by atoms with Gasteiger partial charge in [0.2, 0.25) is 5.95 Å². The Hall–Kier alpha value is -1.98. The molecule has 0 unspecified atom stereocenters. The molecule has 3 N–H and O–H groups in total. The fourth-order valence-corrected chi connectivity index (χ4v) is 4.32. The predicted octanol–water partition coefficient (Wildman–Crippen LogP) is 3.79. The number of aryl methyl sites for hydroxylation is 1. The van der Waals surface area contributed by atoms with Crippen molar-refractivity contribution in [2.24, 2.45) is 0 Å². The smallest absolute Gasteiger partial charge is 0.223 e. The topological polar surface area (TPSA) is 70.1 Å². The highest BCUT2D eigenvalue weighted by Crippen LogP contribution is 2.30. The molecule has 0 bridgehead atoms. The summed E-state index contributed by atoms with van der Waals surface area (Å²) in [5.74, 6) is 0.690.